The van der Waals surface area contributed by atoms with Crippen LogP contribution in [0, 0.1) is 0 Å². The summed E-state index contributed by atoms with van der Waals surface area (Å²) in [6, 6.07) is 9.91. The minimum atomic E-state index is 0.233. The maximum Gasteiger partial charge on any atom is 0.229 e. The monoisotopic (exact) mass is 282 g/mol. The van der Waals surface area contributed by atoms with Crippen LogP contribution in [0.3, 0.4) is 0 Å². The largest absolute Gasteiger partial charge is 0.339 e. The van der Waals surface area contributed by atoms with Gasteiger partial charge in [0.05, 0.1) is 5.52 Å². The number of hydrogen-bond acceptors (Lipinski definition) is 5. The average molecular weight is 282 g/mol. The molecule has 0 aliphatic heterocycles. The lowest BCUT2D eigenvalue weighted by Crippen LogP contribution is -2.02. The van der Waals surface area contributed by atoms with E-state index in [0.29, 0.717) is 18.3 Å². The Balaban J connectivity index is 1.87. The van der Waals surface area contributed by atoms with Gasteiger partial charge < -0.3 is 10.3 Å². The molecule has 2 heterocycles. The second-order valence-corrected chi connectivity index (χ2v) is 5.20. The third kappa shape index (κ3) is 2.92. The third-order valence-corrected chi connectivity index (χ3v) is 3.57. The molecule has 3 rings (SSSR count). The summed E-state index contributed by atoms with van der Waals surface area (Å²) in [4.78, 5) is 8.81. The van der Waals surface area contributed by atoms with Gasteiger partial charge in [-0.25, -0.2) is 0 Å². The van der Waals surface area contributed by atoms with Gasteiger partial charge in [-0.2, -0.15) is 4.98 Å². The summed E-state index contributed by atoms with van der Waals surface area (Å²) in [5, 5.41) is 5.15. The Hall–Kier alpha value is -2.27. The molecule has 0 saturated heterocycles. The van der Waals surface area contributed by atoms with Crippen molar-refractivity contribution in [2.75, 3.05) is 6.54 Å². The Kier molecular flexibility index (Phi) is 3.92. The van der Waals surface area contributed by atoms with Gasteiger partial charge in [0.15, 0.2) is 0 Å². The third-order valence-electron chi connectivity index (χ3n) is 3.57. The van der Waals surface area contributed by atoms with Crippen LogP contribution >= 0.6 is 0 Å². The number of nitrogens with zero attached hydrogens (tertiary/aromatic N) is 3. The van der Waals surface area contributed by atoms with Crippen LogP contribution in [0.4, 0.5) is 0 Å². The van der Waals surface area contributed by atoms with Crippen LogP contribution in [-0.4, -0.2) is 21.7 Å². The van der Waals surface area contributed by atoms with E-state index in [-0.39, 0.29) is 5.92 Å². The molecule has 0 radical (unpaired) electrons. The van der Waals surface area contributed by atoms with Gasteiger partial charge in [-0.1, -0.05) is 18.1 Å². The molecule has 1 unspecified atom stereocenters. The number of hydrogen-bond donors (Lipinski definition) is 1. The number of aromatic nitrogens is 3. The molecule has 2 N–H and O–H groups in total. The number of benzene rings is 1. The molecule has 3 aromatic rings. The summed E-state index contributed by atoms with van der Waals surface area (Å²) < 4.78 is 5.37. The van der Waals surface area contributed by atoms with Crippen LogP contribution in [0.2, 0.25) is 0 Å². The van der Waals surface area contributed by atoms with E-state index >= 15 is 0 Å². The maximum atomic E-state index is 5.53. The van der Waals surface area contributed by atoms with Gasteiger partial charge in [0.2, 0.25) is 11.7 Å². The fourth-order valence-electron chi connectivity index (χ4n) is 2.31. The first kappa shape index (κ1) is 13.7. The second kappa shape index (κ2) is 6.01. The minimum absolute atomic E-state index is 0.233. The van der Waals surface area contributed by atoms with Crippen LogP contribution in [-0.2, 0) is 0 Å². The zero-order chi connectivity index (χ0) is 14.7. The molecule has 0 saturated carbocycles. The highest BCUT2D eigenvalue weighted by Crippen LogP contribution is 2.24. The van der Waals surface area contributed by atoms with Gasteiger partial charge in [0, 0.05) is 23.1 Å². The fourth-order valence-corrected chi connectivity index (χ4v) is 2.31. The lowest BCUT2D eigenvalue weighted by molar-refractivity contribution is 0.352. The van der Waals surface area contributed by atoms with Crippen LogP contribution in [0.15, 0.2) is 41.1 Å². The summed E-state index contributed by atoms with van der Waals surface area (Å²) in [6.45, 7) is 2.76. The molecule has 0 amide bonds. The lowest BCUT2D eigenvalue weighted by Gasteiger charge is -2.03. The SMILES string of the molecule is CC(CCCN)c1nc(-c2ccc3ncccc3c2)no1. The van der Waals surface area contributed by atoms with Crippen LogP contribution in [0.1, 0.15) is 31.6 Å². The van der Waals surface area contributed by atoms with E-state index in [0.717, 1.165) is 29.3 Å². The highest BCUT2D eigenvalue weighted by atomic mass is 16.5. The Bertz CT molecular complexity index is 738. The number of rotatable bonds is 5. The molecular weight excluding hydrogens is 264 g/mol. The Morgan fingerprint density at radius 3 is 3.05 bits per heavy atom. The summed E-state index contributed by atoms with van der Waals surface area (Å²) in [5.41, 5.74) is 7.43. The van der Waals surface area contributed by atoms with E-state index in [4.69, 9.17) is 10.3 Å². The number of nitrogens with two attached hydrogens (primary N) is 1. The molecule has 0 bridgehead atoms. The predicted octanol–water partition coefficient (Wildman–Crippen LogP) is 3.13. The minimum Gasteiger partial charge on any atom is -0.339 e. The van der Waals surface area contributed by atoms with E-state index in [2.05, 4.69) is 22.0 Å². The first-order valence-electron chi connectivity index (χ1n) is 7.17. The van der Waals surface area contributed by atoms with E-state index in [1.165, 1.54) is 0 Å². The van der Waals surface area contributed by atoms with Gasteiger partial charge in [0.1, 0.15) is 0 Å². The maximum absolute atomic E-state index is 5.53. The van der Waals surface area contributed by atoms with Crippen molar-refractivity contribution in [3.05, 3.63) is 42.4 Å². The van der Waals surface area contributed by atoms with Crippen molar-refractivity contribution in [1.82, 2.24) is 15.1 Å². The van der Waals surface area contributed by atoms with Crippen LogP contribution in [0.25, 0.3) is 22.3 Å². The number of pyridine rings is 1. The Morgan fingerprint density at radius 2 is 2.19 bits per heavy atom. The molecule has 0 aliphatic carbocycles. The quantitative estimate of drug-likeness (QED) is 0.777. The predicted molar refractivity (Wildman–Crippen MR) is 81.7 cm³/mol. The molecule has 2 aromatic heterocycles. The fraction of sp³-hybridized carbons (Fsp3) is 0.312. The van der Waals surface area contributed by atoms with Crippen molar-refractivity contribution in [2.24, 2.45) is 5.73 Å². The molecule has 21 heavy (non-hydrogen) atoms. The summed E-state index contributed by atoms with van der Waals surface area (Å²) >= 11 is 0. The molecule has 0 fully saturated rings. The first-order valence-corrected chi connectivity index (χ1v) is 7.17. The Morgan fingerprint density at radius 1 is 1.29 bits per heavy atom. The van der Waals surface area contributed by atoms with Gasteiger partial charge >= 0.3 is 0 Å². The highest BCUT2D eigenvalue weighted by Gasteiger charge is 2.15. The second-order valence-electron chi connectivity index (χ2n) is 5.20. The van der Waals surface area contributed by atoms with E-state index in [1.54, 1.807) is 6.20 Å². The van der Waals surface area contributed by atoms with Crippen molar-refractivity contribution in [3.8, 4) is 11.4 Å². The zero-order valence-electron chi connectivity index (χ0n) is 12.0. The standard InChI is InChI=1S/C16H18N4O/c1-11(4-2-8-17)16-19-15(20-21-16)13-6-7-14-12(10-13)5-3-9-18-14/h3,5-7,9-11H,2,4,8,17H2,1H3. The van der Waals surface area contributed by atoms with Gasteiger partial charge in [-0.05, 0) is 43.7 Å². The molecule has 5 heteroatoms. The summed E-state index contributed by atoms with van der Waals surface area (Å²) in [6.07, 6.45) is 3.70. The van der Waals surface area contributed by atoms with E-state index < -0.39 is 0 Å². The van der Waals surface area contributed by atoms with Crippen molar-refractivity contribution in [2.45, 2.75) is 25.7 Å². The van der Waals surface area contributed by atoms with Gasteiger partial charge in [-0.3, -0.25) is 4.98 Å². The smallest absolute Gasteiger partial charge is 0.229 e. The molecule has 5 nitrogen and oxygen atoms in total. The van der Waals surface area contributed by atoms with Gasteiger partial charge in [0.25, 0.3) is 0 Å². The molecule has 108 valence electrons. The lowest BCUT2D eigenvalue weighted by atomic mass is 10.1. The zero-order valence-corrected chi connectivity index (χ0v) is 12.0. The summed E-state index contributed by atoms with van der Waals surface area (Å²) in [7, 11) is 0. The molecular formula is C16H18N4O. The van der Waals surface area contributed by atoms with Crippen molar-refractivity contribution >= 4 is 10.9 Å². The average Bonchev–Trinajstić information content (AvgIpc) is 3.02. The van der Waals surface area contributed by atoms with Crippen molar-refractivity contribution < 1.29 is 4.52 Å². The van der Waals surface area contributed by atoms with Crippen molar-refractivity contribution in [1.29, 1.82) is 0 Å². The summed E-state index contributed by atoms with van der Waals surface area (Å²) in [5.74, 6) is 1.53. The molecule has 1 atom stereocenters. The van der Waals surface area contributed by atoms with E-state index in [1.807, 2.05) is 30.3 Å². The van der Waals surface area contributed by atoms with E-state index in [9.17, 15) is 0 Å². The normalized spacial score (nSPS) is 12.7. The van der Waals surface area contributed by atoms with Crippen molar-refractivity contribution in [3.63, 3.8) is 0 Å². The van der Waals surface area contributed by atoms with Crippen LogP contribution in [0.5, 0.6) is 0 Å². The first-order chi connectivity index (χ1) is 10.3. The van der Waals surface area contributed by atoms with Crippen LogP contribution < -0.4 is 5.73 Å². The topological polar surface area (TPSA) is 77.8 Å². The molecule has 0 aliphatic rings. The molecule has 1 aromatic carbocycles. The Labute approximate surface area is 123 Å². The van der Waals surface area contributed by atoms with Gasteiger partial charge in [-0.15, -0.1) is 0 Å². The molecule has 0 spiro atoms. The number of fused-ring (bicyclic) bond motifs is 1. The highest BCUT2D eigenvalue weighted by molar-refractivity contribution is 5.82.